The fourth-order valence-electron chi connectivity index (χ4n) is 2.33. The summed E-state index contributed by atoms with van der Waals surface area (Å²) >= 11 is 0. The van der Waals surface area contributed by atoms with E-state index in [-0.39, 0.29) is 5.91 Å². The average molecular weight is 232 g/mol. The quantitative estimate of drug-likeness (QED) is 0.868. The van der Waals surface area contributed by atoms with Gasteiger partial charge in [-0.15, -0.1) is 0 Å². The van der Waals surface area contributed by atoms with Crippen LogP contribution in [0, 0.1) is 0 Å². The third-order valence-corrected chi connectivity index (χ3v) is 3.21. The topological polar surface area (TPSA) is 32.3 Å². The molecule has 1 N–H and O–H groups in total. The van der Waals surface area contributed by atoms with E-state index in [2.05, 4.69) is 18.3 Å². The molecule has 2 rings (SSSR count). The molecule has 1 heterocycles. The van der Waals surface area contributed by atoms with Crippen LogP contribution in [0.5, 0.6) is 0 Å². The van der Waals surface area contributed by atoms with Crippen molar-refractivity contribution in [2.24, 2.45) is 0 Å². The zero-order chi connectivity index (χ0) is 12.3. The highest BCUT2D eigenvalue weighted by Gasteiger charge is 2.19. The number of amides is 1. The number of para-hydroxylation sites is 1. The predicted octanol–water partition coefficient (Wildman–Crippen LogP) is 2.53. The van der Waals surface area contributed by atoms with Crippen molar-refractivity contribution in [1.82, 2.24) is 4.90 Å². The number of rotatable bonds is 3. The number of benzene rings is 1. The fourth-order valence-corrected chi connectivity index (χ4v) is 2.33. The standard InChI is InChI=1S/C14H20N2O/c1-3-10-16(2)14(17)12-8-4-6-11-7-5-9-15-13(11)12/h4,6,8,15H,3,5,7,9-10H2,1-2H3. The molecule has 0 spiro atoms. The van der Waals surface area contributed by atoms with E-state index in [4.69, 9.17) is 0 Å². The molecule has 3 heteroatoms. The number of carbonyl (C=O) groups is 1. The van der Waals surface area contributed by atoms with Crippen LogP contribution >= 0.6 is 0 Å². The molecule has 1 aromatic carbocycles. The minimum absolute atomic E-state index is 0.123. The first-order valence-electron chi connectivity index (χ1n) is 6.35. The van der Waals surface area contributed by atoms with Crippen molar-refractivity contribution in [3.63, 3.8) is 0 Å². The maximum Gasteiger partial charge on any atom is 0.255 e. The van der Waals surface area contributed by atoms with Crippen molar-refractivity contribution in [2.45, 2.75) is 26.2 Å². The Morgan fingerprint density at radius 2 is 2.29 bits per heavy atom. The minimum Gasteiger partial charge on any atom is -0.384 e. The van der Waals surface area contributed by atoms with Gasteiger partial charge in [0.15, 0.2) is 0 Å². The summed E-state index contributed by atoms with van der Waals surface area (Å²) in [5.74, 6) is 0.123. The van der Waals surface area contributed by atoms with Crippen LogP contribution in [0.1, 0.15) is 35.7 Å². The SMILES string of the molecule is CCCN(C)C(=O)c1cccc2c1NCCC2. The summed E-state index contributed by atoms with van der Waals surface area (Å²) in [5, 5.41) is 3.36. The summed E-state index contributed by atoms with van der Waals surface area (Å²) in [6.45, 7) is 3.86. The van der Waals surface area contributed by atoms with Gasteiger partial charge in [-0.3, -0.25) is 4.79 Å². The third kappa shape index (κ3) is 2.43. The highest BCUT2D eigenvalue weighted by atomic mass is 16.2. The molecule has 92 valence electrons. The molecule has 17 heavy (non-hydrogen) atoms. The number of hydrogen-bond donors (Lipinski definition) is 1. The molecule has 0 aliphatic carbocycles. The molecule has 1 amide bonds. The Morgan fingerprint density at radius 1 is 1.47 bits per heavy atom. The predicted molar refractivity (Wildman–Crippen MR) is 70.5 cm³/mol. The molecule has 0 unspecified atom stereocenters. The number of carbonyl (C=O) groups excluding carboxylic acids is 1. The van der Waals surface area contributed by atoms with Crippen LogP contribution in [0.3, 0.4) is 0 Å². The number of nitrogens with one attached hydrogen (secondary N) is 1. The molecule has 0 fully saturated rings. The summed E-state index contributed by atoms with van der Waals surface area (Å²) in [4.78, 5) is 14.1. The fraction of sp³-hybridized carbons (Fsp3) is 0.500. The van der Waals surface area contributed by atoms with Crippen LogP contribution < -0.4 is 5.32 Å². The molecule has 0 saturated heterocycles. The lowest BCUT2D eigenvalue weighted by molar-refractivity contribution is 0.0796. The first kappa shape index (κ1) is 12.0. The largest absolute Gasteiger partial charge is 0.384 e. The van der Waals surface area contributed by atoms with E-state index in [0.29, 0.717) is 0 Å². The van der Waals surface area contributed by atoms with E-state index in [1.165, 1.54) is 5.56 Å². The molecular formula is C14H20N2O. The molecule has 3 nitrogen and oxygen atoms in total. The van der Waals surface area contributed by atoms with Gasteiger partial charge in [0.25, 0.3) is 5.91 Å². The van der Waals surface area contributed by atoms with E-state index in [9.17, 15) is 4.79 Å². The van der Waals surface area contributed by atoms with Gasteiger partial charge in [-0.25, -0.2) is 0 Å². The lowest BCUT2D eigenvalue weighted by Crippen LogP contribution is -2.29. The Balaban J connectivity index is 2.29. The summed E-state index contributed by atoms with van der Waals surface area (Å²) in [6, 6.07) is 6.02. The molecule has 0 bridgehead atoms. The van der Waals surface area contributed by atoms with Crippen molar-refractivity contribution < 1.29 is 4.79 Å². The highest BCUT2D eigenvalue weighted by molar-refractivity contribution is 6.00. The van der Waals surface area contributed by atoms with Crippen LogP contribution in [0.4, 0.5) is 5.69 Å². The van der Waals surface area contributed by atoms with Crippen LogP contribution in [-0.4, -0.2) is 30.9 Å². The second kappa shape index (κ2) is 5.21. The Bertz CT molecular complexity index is 415. The number of nitrogens with zero attached hydrogens (tertiary/aromatic N) is 1. The van der Waals surface area contributed by atoms with Gasteiger partial charge in [-0.1, -0.05) is 19.1 Å². The van der Waals surface area contributed by atoms with Crippen LogP contribution in [0.15, 0.2) is 18.2 Å². The Kier molecular flexibility index (Phi) is 3.67. The van der Waals surface area contributed by atoms with Gasteiger partial charge in [0.05, 0.1) is 11.3 Å². The Hall–Kier alpha value is -1.51. The molecule has 1 aromatic rings. The third-order valence-electron chi connectivity index (χ3n) is 3.21. The highest BCUT2D eigenvalue weighted by Crippen LogP contribution is 2.26. The van der Waals surface area contributed by atoms with Gasteiger partial charge in [-0.2, -0.15) is 0 Å². The molecular weight excluding hydrogens is 212 g/mol. The molecule has 1 aliphatic rings. The summed E-state index contributed by atoms with van der Waals surface area (Å²) in [6.07, 6.45) is 3.21. The minimum atomic E-state index is 0.123. The van der Waals surface area contributed by atoms with E-state index >= 15 is 0 Å². The second-order valence-corrected chi connectivity index (χ2v) is 4.60. The van der Waals surface area contributed by atoms with Gasteiger partial charge >= 0.3 is 0 Å². The maximum absolute atomic E-state index is 12.3. The summed E-state index contributed by atoms with van der Waals surface area (Å²) < 4.78 is 0. The number of hydrogen-bond acceptors (Lipinski definition) is 2. The molecule has 0 aromatic heterocycles. The molecule has 0 radical (unpaired) electrons. The molecule has 0 saturated carbocycles. The van der Waals surface area contributed by atoms with Gasteiger partial charge in [-0.05, 0) is 30.9 Å². The van der Waals surface area contributed by atoms with Crippen molar-refractivity contribution in [3.05, 3.63) is 29.3 Å². The summed E-state index contributed by atoms with van der Waals surface area (Å²) in [7, 11) is 1.87. The zero-order valence-corrected chi connectivity index (χ0v) is 10.6. The van der Waals surface area contributed by atoms with Crippen molar-refractivity contribution in [3.8, 4) is 0 Å². The van der Waals surface area contributed by atoms with Crippen LogP contribution in [0.2, 0.25) is 0 Å². The first-order valence-corrected chi connectivity index (χ1v) is 6.35. The van der Waals surface area contributed by atoms with Crippen LogP contribution in [-0.2, 0) is 6.42 Å². The van der Waals surface area contributed by atoms with Crippen molar-refractivity contribution in [1.29, 1.82) is 0 Å². The van der Waals surface area contributed by atoms with Crippen molar-refractivity contribution in [2.75, 3.05) is 25.5 Å². The number of fused-ring (bicyclic) bond motifs is 1. The van der Waals surface area contributed by atoms with E-state index in [0.717, 1.165) is 43.6 Å². The average Bonchev–Trinajstić information content (AvgIpc) is 2.37. The number of anilines is 1. The zero-order valence-electron chi connectivity index (χ0n) is 10.6. The Morgan fingerprint density at radius 3 is 3.06 bits per heavy atom. The molecule has 1 aliphatic heterocycles. The first-order chi connectivity index (χ1) is 8.24. The van der Waals surface area contributed by atoms with E-state index < -0.39 is 0 Å². The van der Waals surface area contributed by atoms with Crippen molar-refractivity contribution >= 4 is 11.6 Å². The summed E-state index contributed by atoms with van der Waals surface area (Å²) in [5.41, 5.74) is 3.14. The van der Waals surface area contributed by atoms with E-state index in [1.807, 2.05) is 19.2 Å². The number of aryl methyl sites for hydroxylation is 1. The lowest BCUT2D eigenvalue weighted by atomic mass is 9.99. The molecule has 0 atom stereocenters. The van der Waals surface area contributed by atoms with Crippen LogP contribution in [0.25, 0.3) is 0 Å². The lowest BCUT2D eigenvalue weighted by Gasteiger charge is -2.23. The second-order valence-electron chi connectivity index (χ2n) is 4.60. The smallest absolute Gasteiger partial charge is 0.255 e. The van der Waals surface area contributed by atoms with Gasteiger partial charge in [0.1, 0.15) is 0 Å². The monoisotopic (exact) mass is 232 g/mol. The van der Waals surface area contributed by atoms with Gasteiger partial charge in [0.2, 0.25) is 0 Å². The van der Waals surface area contributed by atoms with Gasteiger partial charge < -0.3 is 10.2 Å². The normalized spacial score (nSPS) is 13.8. The maximum atomic E-state index is 12.3. The van der Waals surface area contributed by atoms with Gasteiger partial charge in [0, 0.05) is 20.1 Å². The Labute approximate surface area is 103 Å². The van der Waals surface area contributed by atoms with E-state index in [1.54, 1.807) is 4.90 Å².